The van der Waals surface area contributed by atoms with Crippen LogP contribution in [0.15, 0.2) is 28.7 Å². The van der Waals surface area contributed by atoms with Gasteiger partial charge in [-0.15, -0.1) is 0 Å². The fourth-order valence-electron chi connectivity index (χ4n) is 2.13. The number of methoxy groups -OCH3 is 1. The zero-order valence-corrected chi connectivity index (χ0v) is 15.0. The highest BCUT2D eigenvalue weighted by Gasteiger charge is 2.13. The summed E-state index contributed by atoms with van der Waals surface area (Å²) in [4.78, 5) is 0. The minimum Gasteiger partial charge on any atom is -0.383 e. The van der Waals surface area contributed by atoms with Gasteiger partial charge in [0, 0.05) is 24.4 Å². The van der Waals surface area contributed by atoms with E-state index in [0.717, 1.165) is 24.0 Å². The summed E-state index contributed by atoms with van der Waals surface area (Å²) in [5.74, 6) is 0.531. The molecule has 21 heavy (non-hydrogen) atoms. The number of hydrogen-bond acceptors (Lipinski definition) is 4. The first-order chi connectivity index (χ1) is 9.90. The first kappa shape index (κ1) is 18.6. The van der Waals surface area contributed by atoms with Crippen LogP contribution in [0, 0.1) is 5.92 Å². The van der Waals surface area contributed by atoms with Crippen molar-refractivity contribution in [2.45, 2.75) is 12.8 Å². The molecule has 6 heteroatoms. The molecule has 0 radical (unpaired) electrons. The minimum absolute atomic E-state index is 0.234. The summed E-state index contributed by atoms with van der Waals surface area (Å²) in [6, 6.07) is 8.16. The maximum absolute atomic E-state index is 11.4. The second kappa shape index (κ2) is 9.56. The van der Waals surface area contributed by atoms with Crippen molar-refractivity contribution in [3.8, 4) is 0 Å². The van der Waals surface area contributed by atoms with Gasteiger partial charge in [0.2, 0.25) is 0 Å². The van der Waals surface area contributed by atoms with Gasteiger partial charge in [-0.2, -0.15) is 0 Å². The molecule has 0 aliphatic carbocycles. The lowest BCUT2D eigenvalue weighted by atomic mass is 9.97. The van der Waals surface area contributed by atoms with Gasteiger partial charge in [0.15, 0.2) is 0 Å². The minimum atomic E-state index is -2.92. The molecule has 0 saturated carbocycles. The van der Waals surface area contributed by atoms with Crippen LogP contribution in [0.25, 0.3) is 0 Å². The highest BCUT2D eigenvalue weighted by Crippen LogP contribution is 2.17. The smallest absolute Gasteiger partial charge is 0.147 e. The van der Waals surface area contributed by atoms with Crippen LogP contribution in [0.1, 0.15) is 12.0 Å². The molecule has 0 aliphatic heterocycles. The normalized spacial score (nSPS) is 13.3. The molecule has 1 aromatic rings. The van der Waals surface area contributed by atoms with Gasteiger partial charge in [0.05, 0.1) is 12.4 Å². The van der Waals surface area contributed by atoms with Gasteiger partial charge >= 0.3 is 0 Å². The Hall–Kier alpha value is -0.430. The summed E-state index contributed by atoms with van der Waals surface area (Å²) in [5, 5.41) is 3.33. The first-order valence-corrected chi connectivity index (χ1v) is 9.88. The Kier molecular flexibility index (Phi) is 8.48. The van der Waals surface area contributed by atoms with E-state index >= 15 is 0 Å². The van der Waals surface area contributed by atoms with Gasteiger partial charge in [0.25, 0.3) is 0 Å². The van der Waals surface area contributed by atoms with Crippen LogP contribution in [0.2, 0.25) is 0 Å². The van der Waals surface area contributed by atoms with E-state index in [1.165, 1.54) is 11.8 Å². The Morgan fingerprint density at radius 3 is 2.76 bits per heavy atom. The van der Waals surface area contributed by atoms with Gasteiger partial charge in [0.1, 0.15) is 9.84 Å². The molecule has 0 spiro atoms. The van der Waals surface area contributed by atoms with Crippen LogP contribution in [0.5, 0.6) is 0 Å². The molecule has 4 nitrogen and oxygen atoms in total. The molecule has 0 amide bonds. The fraction of sp³-hybridized carbons (Fsp3) is 0.600. The molecule has 1 atom stereocenters. The van der Waals surface area contributed by atoms with Crippen LogP contribution < -0.4 is 5.32 Å². The average molecular weight is 378 g/mol. The third kappa shape index (κ3) is 9.24. The molecule has 1 unspecified atom stereocenters. The Bertz CT molecular complexity index is 519. The van der Waals surface area contributed by atoms with Crippen LogP contribution in [0.4, 0.5) is 0 Å². The van der Waals surface area contributed by atoms with Crippen LogP contribution in [-0.2, 0) is 21.0 Å². The van der Waals surface area contributed by atoms with Crippen molar-refractivity contribution in [2.75, 3.05) is 38.8 Å². The highest BCUT2D eigenvalue weighted by atomic mass is 79.9. The van der Waals surface area contributed by atoms with Gasteiger partial charge < -0.3 is 10.1 Å². The molecule has 1 rings (SSSR count). The van der Waals surface area contributed by atoms with E-state index in [1.807, 2.05) is 12.1 Å². The summed E-state index contributed by atoms with van der Waals surface area (Å²) in [6.07, 6.45) is 2.84. The van der Waals surface area contributed by atoms with Crippen molar-refractivity contribution < 1.29 is 13.2 Å². The Balaban J connectivity index is 2.57. The molecule has 0 fully saturated rings. The quantitative estimate of drug-likeness (QED) is 0.635. The SMILES string of the molecule is COCCNCC(CCS(C)(=O)=O)Cc1cccc(Br)c1. The third-order valence-electron chi connectivity index (χ3n) is 3.23. The fourth-order valence-corrected chi connectivity index (χ4v) is 3.34. The largest absolute Gasteiger partial charge is 0.383 e. The lowest BCUT2D eigenvalue weighted by molar-refractivity contribution is 0.197. The second-order valence-electron chi connectivity index (χ2n) is 5.32. The summed E-state index contributed by atoms with van der Waals surface area (Å²) in [6.45, 7) is 2.24. The average Bonchev–Trinajstić information content (AvgIpc) is 2.40. The number of rotatable bonds is 10. The third-order valence-corrected chi connectivity index (χ3v) is 4.70. The second-order valence-corrected chi connectivity index (χ2v) is 8.49. The van der Waals surface area contributed by atoms with Crippen molar-refractivity contribution in [3.05, 3.63) is 34.3 Å². The molecule has 0 aromatic heterocycles. The molecule has 0 saturated heterocycles. The molecule has 1 aromatic carbocycles. The molecule has 1 N–H and O–H groups in total. The lowest BCUT2D eigenvalue weighted by Gasteiger charge is -2.17. The monoisotopic (exact) mass is 377 g/mol. The topological polar surface area (TPSA) is 55.4 Å². The molecular weight excluding hydrogens is 354 g/mol. The van der Waals surface area contributed by atoms with E-state index in [0.29, 0.717) is 18.9 Å². The van der Waals surface area contributed by atoms with Crippen molar-refractivity contribution in [2.24, 2.45) is 5.92 Å². The maximum Gasteiger partial charge on any atom is 0.147 e. The molecule has 0 heterocycles. The van der Waals surface area contributed by atoms with Gasteiger partial charge in [-0.1, -0.05) is 28.1 Å². The van der Waals surface area contributed by atoms with Gasteiger partial charge in [-0.3, -0.25) is 0 Å². The van der Waals surface area contributed by atoms with Crippen molar-refractivity contribution in [3.63, 3.8) is 0 Å². The van der Waals surface area contributed by atoms with E-state index in [9.17, 15) is 8.42 Å². The summed E-state index contributed by atoms with van der Waals surface area (Å²) in [5.41, 5.74) is 1.22. The number of halogens is 1. The lowest BCUT2D eigenvalue weighted by Crippen LogP contribution is -2.28. The number of hydrogen-bond donors (Lipinski definition) is 1. The van der Waals surface area contributed by atoms with Gasteiger partial charge in [-0.25, -0.2) is 8.42 Å². The van der Waals surface area contributed by atoms with Crippen LogP contribution in [0.3, 0.4) is 0 Å². The predicted molar refractivity (Wildman–Crippen MR) is 90.4 cm³/mol. The van der Waals surface area contributed by atoms with E-state index in [4.69, 9.17) is 4.74 Å². The number of nitrogens with one attached hydrogen (secondary N) is 1. The Morgan fingerprint density at radius 2 is 2.14 bits per heavy atom. The molecular formula is C15H24BrNO3S. The van der Waals surface area contributed by atoms with Crippen molar-refractivity contribution in [1.29, 1.82) is 0 Å². The zero-order chi connectivity index (χ0) is 15.7. The van der Waals surface area contributed by atoms with E-state index in [1.54, 1.807) is 7.11 Å². The zero-order valence-electron chi connectivity index (χ0n) is 12.6. The van der Waals surface area contributed by atoms with Crippen molar-refractivity contribution in [1.82, 2.24) is 5.32 Å². The highest BCUT2D eigenvalue weighted by molar-refractivity contribution is 9.10. The van der Waals surface area contributed by atoms with Crippen LogP contribution >= 0.6 is 15.9 Å². The summed E-state index contributed by atoms with van der Waals surface area (Å²) < 4.78 is 28.8. The standard InChI is InChI=1S/C15H24BrNO3S/c1-20-8-7-17-12-14(6-9-21(2,18)19)10-13-4-3-5-15(16)11-13/h3-5,11,14,17H,6-10,12H2,1-2H3. The molecule has 0 aliphatic rings. The summed E-state index contributed by atoms with van der Waals surface area (Å²) in [7, 11) is -1.25. The van der Waals surface area contributed by atoms with E-state index in [-0.39, 0.29) is 5.75 Å². The van der Waals surface area contributed by atoms with E-state index < -0.39 is 9.84 Å². The number of ether oxygens (including phenoxy) is 1. The molecule has 0 bridgehead atoms. The predicted octanol–water partition coefficient (Wildman–Crippen LogP) is 2.28. The molecule has 120 valence electrons. The summed E-state index contributed by atoms with van der Waals surface area (Å²) >= 11 is 3.47. The van der Waals surface area contributed by atoms with E-state index in [2.05, 4.69) is 33.4 Å². The Morgan fingerprint density at radius 1 is 1.38 bits per heavy atom. The maximum atomic E-state index is 11.4. The van der Waals surface area contributed by atoms with Gasteiger partial charge in [-0.05, 0) is 43.0 Å². The Labute approximate surface area is 136 Å². The number of benzene rings is 1. The number of sulfone groups is 1. The van der Waals surface area contributed by atoms with Crippen molar-refractivity contribution >= 4 is 25.8 Å². The first-order valence-electron chi connectivity index (χ1n) is 7.02. The van der Waals surface area contributed by atoms with Crippen LogP contribution in [-0.4, -0.2) is 47.2 Å².